The molecule has 0 aromatic heterocycles. The molecule has 2 fully saturated rings. The Kier molecular flexibility index (Phi) is 42.1. The van der Waals surface area contributed by atoms with Crippen molar-refractivity contribution in [2.24, 2.45) is 11.8 Å². The smallest absolute Gasteiger partial charge is 0.410 e. The summed E-state index contributed by atoms with van der Waals surface area (Å²) in [5.74, 6) is -3.88. The normalized spacial score (nSPS) is 15.8. The van der Waals surface area contributed by atoms with E-state index < -0.39 is 42.0 Å². The number of nitrogens with zero attached hydrogens (tertiary/aromatic N) is 2. The third-order valence-electron chi connectivity index (χ3n) is 14.8. The Morgan fingerprint density at radius 2 is 0.701 bits per heavy atom. The Bertz CT molecular complexity index is 1410. The van der Waals surface area contributed by atoms with Gasteiger partial charge in [0.2, 0.25) is 0 Å². The maximum absolute atomic E-state index is 14.1. The Hall–Kier alpha value is -3.95. The minimum Gasteiger partial charge on any atom is -0.465 e. The number of piperidine rings is 2. The highest BCUT2D eigenvalue weighted by Gasteiger charge is 2.37. The largest absolute Gasteiger partial charge is 0.465 e. The molecule has 16 heteroatoms. The van der Waals surface area contributed by atoms with Crippen molar-refractivity contribution in [2.45, 2.75) is 271 Å². The average molecular weight is 1090 g/mol. The van der Waals surface area contributed by atoms with Crippen LogP contribution in [0.3, 0.4) is 0 Å². The predicted molar refractivity (Wildman–Crippen MR) is 299 cm³/mol. The molecule has 446 valence electrons. The first-order chi connectivity index (χ1) is 37.5. The SMILES string of the molecule is CCCCCCCCC(=O)OCC(COC(=O)CCCCCCCC)CC(=O)OC[C@H]1CCC[C@@H](COC(=O)CC(COC(=O)CCCCCCCC)COC(=O)CCCCCCCC)N1C(=O)OCCN1CCCCC1. The molecule has 2 rings (SSSR count). The quantitative estimate of drug-likeness (QED) is 0.0317. The summed E-state index contributed by atoms with van der Waals surface area (Å²) in [5.41, 5.74) is 0. The minimum atomic E-state index is -0.629. The van der Waals surface area contributed by atoms with Gasteiger partial charge < -0.3 is 33.2 Å². The number of carbonyl (C=O) groups excluding carboxylic acids is 7. The van der Waals surface area contributed by atoms with E-state index in [4.69, 9.17) is 33.2 Å². The Morgan fingerprint density at radius 3 is 1.04 bits per heavy atom. The molecule has 0 bridgehead atoms. The lowest BCUT2D eigenvalue weighted by Crippen LogP contribution is -2.54. The molecule has 2 heterocycles. The molecule has 0 aliphatic carbocycles. The molecule has 16 nitrogen and oxygen atoms in total. The van der Waals surface area contributed by atoms with Crippen LogP contribution in [0.5, 0.6) is 0 Å². The van der Waals surface area contributed by atoms with E-state index in [1.54, 1.807) is 0 Å². The molecule has 2 saturated heterocycles. The van der Waals surface area contributed by atoms with Crippen LogP contribution < -0.4 is 0 Å². The summed E-state index contributed by atoms with van der Waals surface area (Å²) < 4.78 is 40.1. The molecule has 0 radical (unpaired) electrons. The van der Waals surface area contributed by atoms with Gasteiger partial charge in [-0.15, -0.1) is 0 Å². The molecule has 2 aliphatic rings. The van der Waals surface area contributed by atoms with E-state index in [1.165, 1.54) is 37.0 Å². The summed E-state index contributed by atoms with van der Waals surface area (Å²) in [6.07, 6.45) is 29.8. The van der Waals surface area contributed by atoms with Gasteiger partial charge in [-0.1, -0.05) is 163 Å². The van der Waals surface area contributed by atoms with Crippen LogP contribution in [0.2, 0.25) is 0 Å². The second kappa shape index (κ2) is 46.9. The summed E-state index contributed by atoms with van der Waals surface area (Å²) in [5, 5.41) is 0. The maximum atomic E-state index is 14.1. The van der Waals surface area contributed by atoms with Gasteiger partial charge in [-0.05, 0) is 70.9 Å². The highest BCUT2D eigenvalue weighted by molar-refractivity contribution is 5.73. The van der Waals surface area contributed by atoms with Gasteiger partial charge in [-0.2, -0.15) is 0 Å². The van der Waals surface area contributed by atoms with Gasteiger partial charge in [0.25, 0.3) is 0 Å². The third kappa shape index (κ3) is 36.8. The fraction of sp³-hybridized carbons (Fsp3) is 0.885. The van der Waals surface area contributed by atoms with E-state index >= 15 is 0 Å². The van der Waals surface area contributed by atoms with Crippen LogP contribution in [0.1, 0.15) is 259 Å². The zero-order valence-corrected chi connectivity index (χ0v) is 48.9. The maximum Gasteiger partial charge on any atom is 0.410 e. The molecule has 0 saturated carbocycles. The molecule has 2 atom stereocenters. The number of ether oxygens (including phenoxy) is 7. The lowest BCUT2D eigenvalue weighted by atomic mass is 9.96. The van der Waals surface area contributed by atoms with Crippen molar-refractivity contribution in [1.82, 2.24) is 9.80 Å². The van der Waals surface area contributed by atoms with Crippen molar-refractivity contribution < 1.29 is 66.7 Å². The van der Waals surface area contributed by atoms with Crippen molar-refractivity contribution in [3.05, 3.63) is 0 Å². The zero-order valence-electron chi connectivity index (χ0n) is 48.9. The lowest BCUT2D eigenvalue weighted by Gasteiger charge is -2.40. The monoisotopic (exact) mass is 1090 g/mol. The topological polar surface area (TPSA) is 191 Å². The first-order valence-corrected chi connectivity index (χ1v) is 31.1. The van der Waals surface area contributed by atoms with Crippen molar-refractivity contribution in [3.8, 4) is 0 Å². The number of carbonyl (C=O) groups is 7. The summed E-state index contributed by atoms with van der Waals surface area (Å²) >= 11 is 0. The number of amides is 1. The number of esters is 6. The highest BCUT2D eigenvalue weighted by Crippen LogP contribution is 2.26. The summed E-state index contributed by atoms with van der Waals surface area (Å²) in [6, 6.07) is -1.18. The molecule has 0 spiro atoms. The molecular weight excluding hydrogens is 985 g/mol. The average Bonchev–Trinajstić information content (AvgIpc) is 3.43. The number of likely N-dealkylation sites (tertiary alicyclic amines) is 2. The Morgan fingerprint density at radius 1 is 0.377 bits per heavy atom. The Balaban J connectivity index is 2.14. The van der Waals surface area contributed by atoms with Gasteiger partial charge in [0, 0.05) is 44.1 Å². The second-order valence-corrected chi connectivity index (χ2v) is 22.0. The van der Waals surface area contributed by atoms with Crippen LogP contribution in [0.15, 0.2) is 0 Å². The van der Waals surface area contributed by atoms with Crippen LogP contribution in [0, 0.1) is 11.8 Å². The van der Waals surface area contributed by atoms with Crippen LogP contribution in [0.4, 0.5) is 4.79 Å². The van der Waals surface area contributed by atoms with Gasteiger partial charge in [0.1, 0.15) is 19.8 Å². The standard InChI is InChI=1S/C61H108N2O14/c1-5-9-13-17-21-26-35-55(64)72-45-51(46-73-56(65)36-27-22-18-14-10-6-2)43-59(68)76-49-53-33-32-34-54(63(53)61(70)71-42-41-62-39-30-25-31-40-62)50-77-60(69)44-52(47-74-57(66)37-28-23-19-15-11-7-3)48-75-58(67)38-29-24-20-16-12-8-4/h51-54H,5-50H2,1-4H3/t53-,54+. The summed E-state index contributed by atoms with van der Waals surface area (Å²) in [7, 11) is 0. The second-order valence-electron chi connectivity index (χ2n) is 22.0. The number of hydrogen-bond donors (Lipinski definition) is 0. The van der Waals surface area contributed by atoms with E-state index in [1.807, 2.05) is 0 Å². The van der Waals surface area contributed by atoms with Gasteiger partial charge >= 0.3 is 41.9 Å². The highest BCUT2D eigenvalue weighted by atomic mass is 16.6. The third-order valence-corrected chi connectivity index (χ3v) is 14.8. The summed E-state index contributed by atoms with van der Waals surface area (Å²) in [6.45, 7) is 10.5. The predicted octanol–water partition coefficient (Wildman–Crippen LogP) is 13.1. The Labute approximate surface area is 465 Å². The van der Waals surface area contributed by atoms with E-state index in [-0.39, 0.29) is 109 Å². The minimum absolute atomic E-state index is 0.107. The number of rotatable bonds is 47. The number of unbranched alkanes of at least 4 members (excludes halogenated alkanes) is 20. The molecule has 0 aromatic rings. The molecule has 77 heavy (non-hydrogen) atoms. The van der Waals surface area contributed by atoms with Gasteiger partial charge in [-0.25, -0.2) is 4.79 Å². The van der Waals surface area contributed by atoms with Crippen LogP contribution in [0.25, 0.3) is 0 Å². The lowest BCUT2D eigenvalue weighted by molar-refractivity contribution is -0.157. The van der Waals surface area contributed by atoms with Crippen molar-refractivity contribution in [2.75, 3.05) is 65.9 Å². The van der Waals surface area contributed by atoms with Crippen LogP contribution in [-0.4, -0.2) is 130 Å². The van der Waals surface area contributed by atoms with Gasteiger partial charge in [-0.3, -0.25) is 38.6 Å². The first-order valence-electron chi connectivity index (χ1n) is 31.1. The molecule has 0 aromatic carbocycles. The van der Waals surface area contributed by atoms with E-state index in [9.17, 15) is 33.6 Å². The summed E-state index contributed by atoms with van der Waals surface area (Å²) in [4.78, 5) is 96.1. The molecule has 1 amide bonds. The van der Waals surface area contributed by atoms with Gasteiger partial charge in [0.15, 0.2) is 0 Å². The van der Waals surface area contributed by atoms with Gasteiger partial charge in [0.05, 0.1) is 51.4 Å². The molecule has 0 unspecified atom stereocenters. The van der Waals surface area contributed by atoms with Crippen LogP contribution >= 0.6 is 0 Å². The zero-order chi connectivity index (χ0) is 56.0. The first kappa shape index (κ1) is 69.2. The fourth-order valence-electron chi connectivity index (χ4n) is 9.94. The van der Waals surface area contributed by atoms with Crippen LogP contribution in [-0.2, 0) is 61.9 Å². The van der Waals surface area contributed by atoms with Crippen molar-refractivity contribution in [1.29, 1.82) is 0 Å². The van der Waals surface area contributed by atoms with Crippen molar-refractivity contribution in [3.63, 3.8) is 0 Å². The number of hydrogen-bond acceptors (Lipinski definition) is 15. The van der Waals surface area contributed by atoms with E-state index in [2.05, 4.69) is 32.6 Å². The molecule has 2 aliphatic heterocycles. The molecular formula is C61H108N2O14. The van der Waals surface area contributed by atoms with E-state index in [0.717, 1.165) is 154 Å². The van der Waals surface area contributed by atoms with E-state index in [0.29, 0.717) is 25.8 Å². The van der Waals surface area contributed by atoms with Crippen molar-refractivity contribution >= 4 is 41.9 Å². The fourth-order valence-corrected chi connectivity index (χ4v) is 9.94. The molecule has 0 N–H and O–H groups in total.